The van der Waals surface area contributed by atoms with Crippen LogP contribution in [0.5, 0.6) is 0 Å². The number of aromatic nitrogens is 1. The smallest absolute Gasteiger partial charge is 0.137 e. The summed E-state index contributed by atoms with van der Waals surface area (Å²) in [6, 6.07) is 6.96. The van der Waals surface area contributed by atoms with Crippen LogP contribution < -0.4 is 10.6 Å². The van der Waals surface area contributed by atoms with E-state index in [2.05, 4.69) is 31.5 Å². The summed E-state index contributed by atoms with van der Waals surface area (Å²) in [5, 5.41) is 6.21. The van der Waals surface area contributed by atoms with Crippen LogP contribution in [0, 0.1) is 12.7 Å². The molecule has 0 fully saturated rings. The molecule has 0 spiro atoms. The number of halogens is 2. The zero-order valence-electron chi connectivity index (χ0n) is 10.1. The second kappa shape index (κ2) is 5.35. The standard InChI is InChI=1S/C13H13BrFN3/c1-8-5-11(15)10(14)7-12(8)18-9-3-4-17-13(6-9)16-2/h3-7H,1-2H3,(H2,16,17,18). The predicted octanol–water partition coefficient (Wildman–Crippen LogP) is 4.08. The average molecular weight is 310 g/mol. The Labute approximate surface area is 114 Å². The fourth-order valence-corrected chi connectivity index (χ4v) is 1.92. The van der Waals surface area contributed by atoms with E-state index in [0.717, 1.165) is 22.8 Å². The van der Waals surface area contributed by atoms with Crippen molar-refractivity contribution in [3.05, 3.63) is 46.3 Å². The van der Waals surface area contributed by atoms with Gasteiger partial charge in [0.05, 0.1) is 4.47 Å². The summed E-state index contributed by atoms with van der Waals surface area (Å²) in [6.07, 6.45) is 1.71. The van der Waals surface area contributed by atoms with E-state index in [9.17, 15) is 4.39 Å². The number of benzene rings is 1. The maximum absolute atomic E-state index is 13.3. The number of rotatable bonds is 3. The molecule has 18 heavy (non-hydrogen) atoms. The Morgan fingerprint density at radius 1 is 1.28 bits per heavy atom. The van der Waals surface area contributed by atoms with E-state index in [0.29, 0.717) is 4.47 Å². The van der Waals surface area contributed by atoms with Crippen molar-refractivity contribution in [3.8, 4) is 0 Å². The summed E-state index contributed by atoms with van der Waals surface area (Å²) >= 11 is 3.18. The minimum absolute atomic E-state index is 0.260. The molecule has 0 aliphatic heterocycles. The van der Waals surface area contributed by atoms with Gasteiger partial charge in [0.1, 0.15) is 11.6 Å². The predicted molar refractivity (Wildman–Crippen MR) is 75.9 cm³/mol. The van der Waals surface area contributed by atoms with E-state index < -0.39 is 0 Å². The van der Waals surface area contributed by atoms with E-state index in [4.69, 9.17) is 0 Å². The molecule has 1 heterocycles. The maximum atomic E-state index is 13.3. The lowest BCUT2D eigenvalue weighted by atomic mass is 10.2. The van der Waals surface area contributed by atoms with Crippen LogP contribution in [-0.2, 0) is 0 Å². The number of hydrogen-bond acceptors (Lipinski definition) is 3. The molecule has 0 aliphatic carbocycles. The van der Waals surface area contributed by atoms with Crippen molar-refractivity contribution in [1.82, 2.24) is 4.98 Å². The monoisotopic (exact) mass is 309 g/mol. The van der Waals surface area contributed by atoms with Crippen molar-refractivity contribution in [2.75, 3.05) is 17.7 Å². The minimum Gasteiger partial charge on any atom is -0.373 e. The second-order valence-electron chi connectivity index (χ2n) is 3.89. The molecule has 0 saturated carbocycles. The highest BCUT2D eigenvalue weighted by Gasteiger charge is 2.05. The van der Waals surface area contributed by atoms with Crippen molar-refractivity contribution in [1.29, 1.82) is 0 Å². The molecule has 0 amide bonds. The third-order valence-corrected chi connectivity index (χ3v) is 3.17. The van der Waals surface area contributed by atoms with Crippen LogP contribution in [0.25, 0.3) is 0 Å². The number of anilines is 3. The van der Waals surface area contributed by atoms with Gasteiger partial charge in [0.2, 0.25) is 0 Å². The van der Waals surface area contributed by atoms with Gasteiger partial charge >= 0.3 is 0 Å². The largest absolute Gasteiger partial charge is 0.373 e. The van der Waals surface area contributed by atoms with Gasteiger partial charge in [-0.3, -0.25) is 0 Å². The first-order chi connectivity index (χ1) is 8.60. The van der Waals surface area contributed by atoms with Crippen LogP contribution in [0.15, 0.2) is 34.9 Å². The molecule has 1 aromatic carbocycles. The van der Waals surface area contributed by atoms with Gasteiger partial charge in [-0.25, -0.2) is 9.37 Å². The summed E-state index contributed by atoms with van der Waals surface area (Å²) in [5.74, 6) is 0.516. The quantitative estimate of drug-likeness (QED) is 0.897. The van der Waals surface area contributed by atoms with E-state index in [1.54, 1.807) is 12.3 Å². The number of hydrogen-bond donors (Lipinski definition) is 2. The SMILES string of the molecule is CNc1cc(Nc2cc(Br)c(F)cc2C)ccn1. The molecule has 0 aliphatic rings. The minimum atomic E-state index is -0.260. The molecule has 5 heteroatoms. The average Bonchev–Trinajstić information content (AvgIpc) is 2.36. The Balaban J connectivity index is 2.30. The third-order valence-electron chi connectivity index (χ3n) is 2.56. The molecule has 2 rings (SSSR count). The zero-order valence-corrected chi connectivity index (χ0v) is 11.7. The number of nitrogens with one attached hydrogen (secondary N) is 2. The molecule has 2 aromatic rings. The molecule has 0 unspecified atom stereocenters. The fourth-order valence-electron chi connectivity index (χ4n) is 1.58. The van der Waals surface area contributed by atoms with Crippen molar-refractivity contribution in [2.45, 2.75) is 6.92 Å². The number of nitrogens with zero attached hydrogens (tertiary/aromatic N) is 1. The van der Waals surface area contributed by atoms with Crippen molar-refractivity contribution >= 4 is 33.1 Å². The maximum Gasteiger partial charge on any atom is 0.137 e. The normalized spacial score (nSPS) is 10.2. The van der Waals surface area contributed by atoms with E-state index in [1.807, 2.05) is 26.1 Å². The summed E-state index contributed by atoms with van der Waals surface area (Å²) < 4.78 is 13.8. The fraction of sp³-hybridized carbons (Fsp3) is 0.154. The highest BCUT2D eigenvalue weighted by atomic mass is 79.9. The number of pyridine rings is 1. The number of aryl methyl sites for hydroxylation is 1. The molecule has 2 N–H and O–H groups in total. The van der Waals surface area contributed by atoms with E-state index >= 15 is 0 Å². The molecule has 0 atom stereocenters. The first kappa shape index (κ1) is 12.8. The highest BCUT2D eigenvalue weighted by molar-refractivity contribution is 9.10. The van der Waals surface area contributed by atoms with Crippen molar-refractivity contribution in [2.24, 2.45) is 0 Å². The Morgan fingerprint density at radius 2 is 2.06 bits per heavy atom. The van der Waals surface area contributed by atoms with Gasteiger partial charge in [0.25, 0.3) is 0 Å². The molecule has 0 bridgehead atoms. The zero-order chi connectivity index (χ0) is 13.1. The van der Waals surface area contributed by atoms with Crippen LogP contribution in [0.4, 0.5) is 21.6 Å². The Hall–Kier alpha value is -1.62. The summed E-state index contributed by atoms with van der Waals surface area (Å²) in [4.78, 5) is 4.13. The lowest BCUT2D eigenvalue weighted by Crippen LogP contribution is -1.97. The Kier molecular flexibility index (Phi) is 3.81. The molecular weight excluding hydrogens is 297 g/mol. The Morgan fingerprint density at radius 3 is 2.78 bits per heavy atom. The van der Waals surface area contributed by atoms with Crippen molar-refractivity contribution < 1.29 is 4.39 Å². The molecule has 0 saturated heterocycles. The Bertz CT molecular complexity index is 572. The van der Waals surface area contributed by atoms with Crippen LogP contribution in [-0.4, -0.2) is 12.0 Å². The second-order valence-corrected chi connectivity index (χ2v) is 4.74. The molecule has 0 radical (unpaired) electrons. The summed E-state index contributed by atoms with van der Waals surface area (Å²) in [7, 11) is 1.81. The first-order valence-electron chi connectivity index (χ1n) is 5.46. The highest BCUT2D eigenvalue weighted by Crippen LogP contribution is 2.27. The van der Waals surface area contributed by atoms with Gasteiger partial charge in [0.15, 0.2) is 0 Å². The van der Waals surface area contributed by atoms with Crippen LogP contribution in [0.2, 0.25) is 0 Å². The van der Waals surface area contributed by atoms with Gasteiger partial charge < -0.3 is 10.6 Å². The van der Waals surface area contributed by atoms with Gasteiger partial charge in [-0.05, 0) is 46.6 Å². The third kappa shape index (κ3) is 2.79. The van der Waals surface area contributed by atoms with Crippen LogP contribution in [0.1, 0.15) is 5.56 Å². The van der Waals surface area contributed by atoms with E-state index in [1.165, 1.54) is 6.07 Å². The first-order valence-corrected chi connectivity index (χ1v) is 6.26. The molecule has 94 valence electrons. The van der Waals surface area contributed by atoms with Gasteiger partial charge in [0, 0.05) is 30.7 Å². The van der Waals surface area contributed by atoms with Gasteiger partial charge in [-0.1, -0.05) is 0 Å². The van der Waals surface area contributed by atoms with Crippen LogP contribution in [0.3, 0.4) is 0 Å². The summed E-state index contributed by atoms with van der Waals surface area (Å²) in [6.45, 7) is 1.86. The molecule has 3 nitrogen and oxygen atoms in total. The lowest BCUT2D eigenvalue weighted by molar-refractivity contribution is 0.620. The molecule has 1 aromatic heterocycles. The lowest BCUT2D eigenvalue weighted by Gasteiger charge is -2.11. The molecular formula is C13H13BrFN3. The van der Waals surface area contributed by atoms with Gasteiger partial charge in [-0.2, -0.15) is 0 Å². The van der Waals surface area contributed by atoms with Gasteiger partial charge in [-0.15, -0.1) is 0 Å². The van der Waals surface area contributed by atoms with Crippen molar-refractivity contribution in [3.63, 3.8) is 0 Å². The summed E-state index contributed by atoms with van der Waals surface area (Å²) in [5.41, 5.74) is 2.60. The topological polar surface area (TPSA) is 37.0 Å². The van der Waals surface area contributed by atoms with Crippen LogP contribution >= 0.6 is 15.9 Å². The van der Waals surface area contributed by atoms with E-state index in [-0.39, 0.29) is 5.82 Å².